The number of rotatable bonds is 7. The number of aromatic nitrogens is 4. The van der Waals surface area contributed by atoms with E-state index in [2.05, 4.69) is 129 Å². The van der Waals surface area contributed by atoms with Gasteiger partial charge in [0.15, 0.2) is 5.69 Å². The maximum absolute atomic E-state index is 7.93. The molecule has 3 aromatic heterocycles. The summed E-state index contributed by atoms with van der Waals surface area (Å²) in [5.74, 6) is 3.54. The Morgan fingerprint density at radius 3 is 2.16 bits per heavy atom. The molecule has 0 aliphatic heterocycles. The van der Waals surface area contributed by atoms with Crippen LogP contribution in [0, 0.1) is 6.57 Å². The fourth-order valence-corrected chi connectivity index (χ4v) is 6.73. The Balaban J connectivity index is 1.34. The molecule has 49 heavy (non-hydrogen) atoms. The second-order valence-corrected chi connectivity index (χ2v) is 14.3. The van der Waals surface area contributed by atoms with Crippen LogP contribution in [0.4, 0.5) is 5.69 Å². The van der Waals surface area contributed by atoms with Crippen molar-refractivity contribution in [3.05, 3.63) is 138 Å². The van der Waals surface area contributed by atoms with Gasteiger partial charge in [0.05, 0.1) is 23.3 Å². The molecule has 0 radical (unpaired) electrons. The van der Waals surface area contributed by atoms with Gasteiger partial charge in [-0.2, -0.15) is 0 Å². The standard InChI is InChI=1S/C43H41N5O/c1-27(2)34-13-11-14-35(28(3)4)41(34)47-21-20-46-42(47)29-22-31(44-8)25-33(23-29)49-32-16-17-37-36-12-9-10-15-38(36)48(39(37)26-32)40-24-30(18-19-45-40)43(5,6)7/h9-28H,1-7H3. The molecule has 0 saturated carbocycles. The first kappa shape index (κ1) is 31.9. The number of hydrogen-bond donors (Lipinski definition) is 0. The molecule has 0 fully saturated rings. The average Bonchev–Trinajstić information content (AvgIpc) is 3.70. The second kappa shape index (κ2) is 12.4. The summed E-state index contributed by atoms with van der Waals surface area (Å²) in [5, 5.41) is 2.27. The van der Waals surface area contributed by atoms with Gasteiger partial charge < -0.3 is 4.74 Å². The van der Waals surface area contributed by atoms with Crippen LogP contribution in [0.2, 0.25) is 0 Å². The van der Waals surface area contributed by atoms with Crippen LogP contribution in [0.1, 0.15) is 77.0 Å². The Bertz CT molecular complexity index is 2350. The molecule has 0 spiro atoms. The van der Waals surface area contributed by atoms with Gasteiger partial charge in [0.25, 0.3) is 0 Å². The van der Waals surface area contributed by atoms with Gasteiger partial charge >= 0.3 is 0 Å². The summed E-state index contributed by atoms with van der Waals surface area (Å²) < 4.78 is 11.0. The molecule has 4 aromatic carbocycles. The summed E-state index contributed by atoms with van der Waals surface area (Å²) in [6, 6.07) is 31.1. The molecule has 0 bridgehead atoms. The second-order valence-electron chi connectivity index (χ2n) is 14.3. The predicted octanol–water partition coefficient (Wildman–Crippen LogP) is 11.9. The first-order valence-electron chi connectivity index (χ1n) is 16.9. The first-order chi connectivity index (χ1) is 23.5. The van der Waals surface area contributed by atoms with Crippen LogP contribution in [-0.4, -0.2) is 19.1 Å². The minimum Gasteiger partial charge on any atom is -0.459 e. The summed E-state index contributed by atoms with van der Waals surface area (Å²) in [4.78, 5) is 13.5. The number of para-hydroxylation sites is 2. The maximum Gasteiger partial charge on any atom is 0.191 e. The van der Waals surface area contributed by atoms with Crippen molar-refractivity contribution in [2.75, 3.05) is 0 Å². The summed E-state index contributed by atoms with van der Waals surface area (Å²) in [6.07, 6.45) is 5.74. The molecule has 244 valence electrons. The van der Waals surface area contributed by atoms with E-state index in [9.17, 15) is 0 Å². The largest absolute Gasteiger partial charge is 0.459 e. The van der Waals surface area contributed by atoms with Crippen molar-refractivity contribution in [1.29, 1.82) is 0 Å². The van der Waals surface area contributed by atoms with Crippen LogP contribution in [0.25, 0.3) is 49.5 Å². The summed E-state index contributed by atoms with van der Waals surface area (Å²) >= 11 is 0. The van der Waals surface area contributed by atoms with Gasteiger partial charge in [-0.3, -0.25) is 9.13 Å². The lowest BCUT2D eigenvalue weighted by Gasteiger charge is -2.22. The van der Waals surface area contributed by atoms with Gasteiger partial charge in [0.2, 0.25) is 0 Å². The van der Waals surface area contributed by atoms with Crippen molar-refractivity contribution in [2.24, 2.45) is 0 Å². The number of ether oxygens (including phenoxy) is 1. The van der Waals surface area contributed by atoms with Gasteiger partial charge in [0, 0.05) is 41.0 Å². The van der Waals surface area contributed by atoms with Crippen LogP contribution in [0.5, 0.6) is 11.5 Å². The molecule has 0 amide bonds. The molecular formula is C43H41N5O. The lowest BCUT2D eigenvalue weighted by Crippen LogP contribution is -2.12. The highest BCUT2D eigenvalue weighted by Gasteiger charge is 2.21. The Hall–Kier alpha value is -5.67. The normalized spacial score (nSPS) is 11.9. The van der Waals surface area contributed by atoms with E-state index in [4.69, 9.17) is 21.3 Å². The number of hydrogen-bond acceptors (Lipinski definition) is 3. The quantitative estimate of drug-likeness (QED) is 0.162. The molecule has 7 aromatic rings. The third-order valence-electron chi connectivity index (χ3n) is 9.22. The van der Waals surface area contributed by atoms with E-state index in [1.165, 1.54) is 16.7 Å². The van der Waals surface area contributed by atoms with Crippen molar-refractivity contribution >= 4 is 27.5 Å². The van der Waals surface area contributed by atoms with Gasteiger partial charge in [-0.1, -0.05) is 84.9 Å². The van der Waals surface area contributed by atoms with Crippen molar-refractivity contribution in [2.45, 2.75) is 65.7 Å². The van der Waals surface area contributed by atoms with Crippen molar-refractivity contribution in [3.8, 4) is 34.4 Å². The Kier molecular flexibility index (Phi) is 8.08. The molecule has 0 aliphatic carbocycles. The van der Waals surface area contributed by atoms with E-state index in [-0.39, 0.29) is 5.41 Å². The minimum atomic E-state index is -0.0156. The monoisotopic (exact) mass is 643 g/mol. The lowest BCUT2D eigenvalue weighted by atomic mass is 9.88. The zero-order valence-corrected chi connectivity index (χ0v) is 29.2. The number of nitrogens with zero attached hydrogens (tertiary/aromatic N) is 5. The minimum absolute atomic E-state index is 0.0156. The lowest BCUT2D eigenvalue weighted by molar-refractivity contribution is 0.484. The highest BCUT2D eigenvalue weighted by atomic mass is 16.5. The SMILES string of the molecule is [C-]#[N+]c1cc(Oc2ccc3c4ccccc4n(-c4cc(C(C)(C)C)ccn4)c3c2)cc(-c2nccn2-c2c(C(C)C)cccc2C(C)C)c1. The molecule has 3 heterocycles. The fraction of sp³-hybridized carbons (Fsp3) is 0.233. The molecule has 7 rings (SSSR count). The predicted molar refractivity (Wildman–Crippen MR) is 201 cm³/mol. The molecule has 6 heteroatoms. The van der Waals surface area contributed by atoms with Gasteiger partial charge in [-0.15, -0.1) is 0 Å². The van der Waals surface area contributed by atoms with E-state index < -0.39 is 0 Å². The van der Waals surface area contributed by atoms with E-state index >= 15 is 0 Å². The number of pyridine rings is 1. The maximum atomic E-state index is 7.93. The number of benzene rings is 4. The number of imidazole rings is 1. The molecule has 0 unspecified atom stereocenters. The Morgan fingerprint density at radius 1 is 0.714 bits per heavy atom. The zero-order valence-electron chi connectivity index (χ0n) is 29.2. The third-order valence-corrected chi connectivity index (χ3v) is 9.22. The van der Waals surface area contributed by atoms with Crippen molar-refractivity contribution in [1.82, 2.24) is 19.1 Å². The summed E-state index contributed by atoms with van der Waals surface area (Å²) in [7, 11) is 0. The van der Waals surface area contributed by atoms with Crippen LogP contribution >= 0.6 is 0 Å². The smallest absolute Gasteiger partial charge is 0.191 e. The van der Waals surface area contributed by atoms with Crippen LogP contribution in [0.15, 0.2) is 110 Å². The molecule has 0 N–H and O–H groups in total. The van der Waals surface area contributed by atoms with Crippen molar-refractivity contribution in [3.63, 3.8) is 0 Å². The number of fused-ring (bicyclic) bond motifs is 3. The molecule has 6 nitrogen and oxygen atoms in total. The summed E-state index contributed by atoms with van der Waals surface area (Å²) in [6.45, 7) is 23.5. The van der Waals surface area contributed by atoms with Gasteiger partial charge in [-0.05, 0) is 82.5 Å². The van der Waals surface area contributed by atoms with Crippen molar-refractivity contribution < 1.29 is 4.74 Å². The highest BCUT2D eigenvalue weighted by molar-refractivity contribution is 6.09. The van der Waals surface area contributed by atoms with Crippen LogP contribution < -0.4 is 4.74 Å². The van der Waals surface area contributed by atoms with E-state index in [0.717, 1.165) is 44.7 Å². The Morgan fingerprint density at radius 2 is 1.45 bits per heavy atom. The van der Waals surface area contributed by atoms with E-state index in [1.807, 2.05) is 36.8 Å². The van der Waals surface area contributed by atoms with Crippen LogP contribution in [0.3, 0.4) is 0 Å². The topological polar surface area (TPSA) is 49.2 Å². The zero-order chi connectivity index (χ0) is 34.4. The summed E-state index contributed by atoms with van der Waals surface area (Å²) in [5.41, 5.74) is 8.26. The van der Waals surface area contributed by atoms with Crippen LogP contribution in [-0.2, 0) is 5.41 Å². The molecule has 0 atom stereocenters. The van der Waals surface area contributed by atoms with Gasteiger partial charge in [-0.25, -0.2) is 14.8 Å². The van der Waals surface area contributed by atoms with Gasteiger partial charge in [0.1, 0.15) is 23.1 Å². The third kappa shape index (κ3) is 5.87. The Labute approximate surface area is 288 Å². The molecule has 0 aliphatic rings. The average molecular weight is 644 g/mol. The molecule has 0 saturated heterocycles. The first-order valence-corrected chi connectivity index (χ1v) is 16.9. The molecular weight excluding hydrogens is 603 g/mol. The van der Waals surface area contributed by atoms with E-state index in [1.54, 1.807) is 6.07 Å². The highest BCUT2D eigenvalue weighted by Crippen LogP contribution is 2.39. The fourth-order valence-electron chi connectivity index (χ4n) is 6.73. The van der Waals surface area contributed by atoms with E-state index in [0.29, 0.717) is 29.0 Å².